The van der Waals surface area contributed by atoms with Gasteiger partial charge in [0.25, 0.3) is 0 Å². The highest BCUT2D eigenvalue weighted by molar-refractivity contribution is 9.09. The SMILES string of the molecule is CN1C(=O)Cc2cc(C(Br)c3ccccc3F)ccc21. The molecule has 1 aliphatic heterocycles. The molecule has 0 spiro atoms. The van der Waals surface area contributed by atoms with E-state index in [2.05, 4.69) is 15.9 Å². The van der Waals surface area contributed by atoms with E-state index in [9.17, 15) is 9.18 Å². The van der Waals surface area contributed by atoms with Gasteiger partial charge in [-0.2, -0.15) is 0 Å². The van der Waals surface area contributed by atoms with Crippen LogP contribution in [0.15, 0.2) is 42.5 Å². The van der Waals surface area contributed by atoms with Crippen LogP contribution in [0.5, 0.6) is 0 Å². The van der Waals surface area contributed by atoms with Crippen LogP contribution in [0.4, 0.5) is 10.1 Å². The van der Waals surface area contributed by atoms with Crippen molar-refractivity contribution in [1.82, 2.24) is 0 Å². The molecule has 20 heavy (non-hydrogen) atoms. The van der Waals surface area contributed by atoms with Crippen molar-refractivity contribution in [2.75, 3.05) is 11.9 Å². The first-order valence-corrected chi connectivity index (χ1v) is 7.27. The maximum atomic E-state index is 13.8. The van der Waals surface area contributed by atoms with Crippen LogP contribution < -0.4 is 4.90 Å². The highest BCUT2D eigenvalue weighted by Gasteiger charge is 2.25. The first-order valence-electron chi connectivity index (χ1n) is 6.36. The number of alkyl halides is 1. The lowest BCUT2D eigenvalue weighted by atomic mass is 10.0. The number of hydrogen-bond donors (Lipinski definition) is 0. The molecular formula is C16H13BrFNO. The van der Waals surface area contributed by atoms with Gasteiger partial charge in [-0.05, 0) is 23.3 Å². The molecule has 3 rings (SSSR count). The van der Waals surface area contributed by atoms with E-state index in [1.54, 1.807) is 24.1 Å². The molecule has 1 aliphatic rings. The van der Waals surface area contributed by atoms with E-state index in [4.69, 9.17) is 0 Å². The van der Waals surface area contributed by atoms with Gasteiger partial charge in [0.15, 0.2) is 0 Å². The van der Waals surface area contributed by atoms with Crippen molar-refractivity contribution in [3.63, 3.8) is 0 Å². The van der Waals surface area contributed by atoms with Crippen LogP contribution in [0.1, 0.15) is 21.5 Å². The molecule has 0 aromatic heterocycles. The first-order chi connectivity index (χ1) is 9.58. The van der Waals surface area contributed by atoms with Gasteiger partial charge in [-0.3, -0.25) is 4.79 Å². The van der Waals surface area contributed by atoms with Crippen LogP contribution >= 0.6 is 15.9 Å². The number of anilines is 1. The average molecular weight is 334 g/mol. The van der Waals surface area contributed by atoms with Gasteiger partial charge >= 0.3 is 0 Å². The summed E-state index contributed by atoms with van der Waals surface area (Å²) in [6.45, 7) is 0. The second-order valence-electron chi connectivity index (χ2n) is 4.90. The fraction of sp³-hybridized carbons (Fsp3) is 0.188. The first kappa shape index (κ1) is 13.3. The summed E-state index contributed by atoms with van der Waals surface area (Å²) in [4.78, 5) is 13.1. The third-order valence-electron chi connectivity index (χ3n) is 3.65. The number of nitrogens with zero attached hydrogens (tertiary/aromatic N) is 1. The predicted octanol–water partition coefficient (Wildman–Crippen LogP) is 3.83. The molecular weight excluding hydrogens is 321 g/mol. The highest BCUT2D eigenvalue weighted by atomic mass is 79.9. The van der Waals surface area contributed by atoms with Crippen LogP contribution in [0.3, 0.4) is 0 Å². The van der Waals surface area contributed by atoms with Gasteiger partial charge in [0.05, 0.1) is 11.2 Å². The predicted molar refractivity (Wildman–Crippen MR) is 80.7 cm³/mol. The maximum Gasteiger partial charge on any atom is 0.231 e. The molecule has 0 saturated carbocycles. The molecule has 102 valence electrons. The minimum atomic E-state index is -0.233. The molecule has 0 aliphatic carbocycles. The molecule has 2 aromatic carbocycles. The minimum absolute atomic E-state index is 0.0918. The largest absolute Gasteiger partial charge is 0.315 e. The Kier molecular flexibility index (Phi) is 3.34. The summed E-state index contributed by atoms with van der Waals surface area (Å²) in [6.07, 6.45) is 0.413. The third-order valence-corrected chi connectivity index (χ3v) is 4.67. The van der Waals surface area contributed by atoms with E-state index in [0.29, 0.717) is 12.0 Å². The number of benzene rings is 2. The molecule has 0 fully saturated rings. The quantitative estimate of drug-likeness (QED) is 0.765. The third kappa shape index (κ3) is 2.14. The van der Waals surface area contributed by atoms with Crippen molar-refractivity contribution in [2.45, 2.75) is 11.2 Å². The Balaban J connectivity index is 1.99. The van der Waals surface area contributed by atoms with Crippen LogP contribution in [0.2, 0.25) is 0 Å². The standard InChI is InChI=1S/C16H13BrFNO/c1-19-14-7-6-10(8-11(14)9-15(19)20)16(17)12-4-2-3-5-13(12)18/h2-8,16H,9H2,1H3. The van der Waals surface area contributed by atoms with E-state index < -0.39 is 0 Å². The smallest absolute Gasteiger partial charge is 0.231 e. The van der Waals surface area contributed by atoms with Gasteiger partial charge in [-0.15, -0.1) is 0 Å². The minimum Gasteiger partial charge on any atom is -0.315 e. The normalized spacial score (nSPS) is 15.3. The molecule has 1 amide bonds. The Morgan fingerprint density at radius 3 is 2.75 bits per heavy atom. The molecule has 0 N–H and O–H groups in total. The van der Waals surface area contributed by atoms with Gasteiger partial charge < -0.3 is 4.90 Å². The average Bonchev–Trinajstić information content (AvgIpc) is 2.73. The number of carbonyl (C=O) groups excluding carboxylic acids is 1. The van der Waals surface area contributed by atoms with E-state index in [-0.39, 0.29) is 16.6 Å². The molecule has 1 atom stereocenters. The zero-order chi connectivity index (χ0) is 14.3. The summed E-state index contributed by atoms with van der Waals surface area (Å²) < 4.78 is 13.8. The highest BCUT2D eigenvalue weighted by Crippen LogP contribution is 2.36. The summed E-state index contributed by atoms with van der Waals surface area (Å²) in [7, 11) is 1.77. The Labute approximate surface area is 125 Å². The number of halogens is 2. The Bertz CT molecular complexity index is 686. The van der Waals surface area contributed by atoms with E-state index in [0.717, 1.165) is 16.8 Å². The van der Waals surface area contributed by atoms with E-state index in [1.165, 1.54) is 6.07 Å². The molecule has 0 radical (unpaired) electrons. The lowest BCUT2D eigenvalue weighted by molar-refractivity contribution is -0.117. The van der Waals surface area contributed by atoms with E-state index in [1.807, 2.05) is 24.3 Å². The van der Waals surface area contributed by atoms with Crippen molar-refractivity contribution >= 4 is 27.5 Å². The topological polar surface area (TPSA) is 20.3 Å². The molecule has 2 aromatic rings. The zero-order valence-electron chi connectivity index (χ0n) is 10.9. The van der Waals surface area contributed by atoms with Crippen molar-refractivity contribution in [2.24, 2.45) is 0 Å². The Morgan fingerprint density at radius 1 is 1.25 bits per heavy atom. The van der Waals surface area contributed by atoms with Gasteiger partial charge in [-0.25, -0.2) is 4.39 Å². The van der Waals surface area contributed by atoms with Gasteiger partial charge in [0, 0.05) is 18.3 Å². The molecule has 1 heterocycles. The van der Waals surface area contributed by atoms with Crippen molar-refractivity contribution in [3.05, 3.63) is 65.0 Å². The molecule has 2 nitrogen and oxygen atoms in total. The Morgan fingerprint density at radius 2 is 2.00 bits per heavy atom. The molecule has 0 saturated heterocycles. The summed E-state index contributed by atoms with van der Waals surface area (Å²) >= 11 is 3.54. The monoisotopic (exact) mass is 333 g/mol. The van der Waals surface area contributed by atoms with Crippen molar-refractivity contribution in [3.8, 4) is 0 Å². The number of rotatable bonds is 2. The summed E-state index contributed by atoms with van der Waals surface area (Å²) in [5, 5.41) is 0. The number of fused-ring (bicyclic) bond motifs is 1. The second kappa shape index (κ2) is 5.02. The van der Waals surface area contributed by atoms with Crippen LogP contribution in [0, 0.1) is 5.82 Å². The molecule has 1 unspecified atom stereocenters. The molecule has 0 bridgehead atoms. The van der Waals surface area contributed by atoms with Crippen LogP contribution in [0.25, 0.3) is 0 Å². The number of carbonyl (C=O) groups is 1. The number of hydrogen-bond acceptors (Lipinski definition) is 1. The summed E-state index contributed by atoms with van der Waals surface area (Å²) in [5.74, 6) is -0.141. The van der Waals surface area contributed by atoms with Crippen molar-refractivity contribution in [1.29, 1.82) is 0 Å². The molecule has 4 heteroatoms. The lowest BCUT2D eigenvalue weighted by Crippen LogP contribution is -2.20. The number of amides is 1. The maximum absolute atomic E-state index is 13.8. The fourth-order valence-corrected chi connectivity index (χ4v) is 3.16. The second-order valence-corrected chi connectivity index (χ2v) is 5.82. The number of likely N-dealkylation sites (N-methyl/N-ethyl adjacent to an activating group) is 1. The fourth-order valence-electron chi connectivity index (χ4n) is 2.51. The lowest BCUT2D eigenvalue weighted by Gasteiger charge is -2.14. The van der Waals surface area contributed by atoms with Crippen LogP contribution in [-0.2, 0) is 11.2 Å². The van der Waals surface area contributed by atoms with Gasteiger partial charge in [-0.1, -0.05) is 46.3 Å². The van der Waals surface area contributed by atoms with Gasteiger partial charge in [0.1, 0.15) is 5.82 Å². The summed E-state index contributed by atoms with van der Waals surface area (Å²) in [5.41, 5.74) is 3.49. The van der Waals surface area contributed by atoms with E-state index >= 15 is 0 Å². The summed E-state index contributed by atoms with van der Waals surface area (Å²) in [6, 6.07) is 12.5. The van der Waals surface area contributed by atoms with Gasteiger partial charge in [0.2, 0.25) is 5.91 Å². The van der Waals surface area contributed by atoms with Crippen LogP contribution in [-0.4, -0.2) is 13.0 Å². The Hall–Kier alpha value is -1.68. The zero-order valence-corrected chi connectivity index (χ0v) is 12.5. The van der Waals surface area contributed by atoms with Crippen molar-refractivity contribution < 1.29 is 9.18 Å².